The number of nitriles is 1. The molecule has 11 heavy (non-hydrogen) atoms. The normalized spacial score (nSPS) is 10.6. The molecule has 1 heteroatoms. The Hall–Kier alpha value is -1.03. The maximum atomic E-state index is 8.62. The minimum Gasteiger partial charge on any atom is -0.193 e. The molecule has 0 atom stereocenters. The zero-order chi connectivity index (χ0) is 8.85. The number of hydrogen-bond acceptors (Lipinski definition) is 1. The topological polar surface area (TPSA) is 23.8 Å². The molecule has 0 rings (SSSR count). The van der Waals surface area contributed by atoms with Gasteiger partial charge in [0, 0.05) is 5.57 Å². The smallest absolute Gasteiger partial charge is 0.0947 e. The van der Waals surface area contributed by atoms with E-state index in [2.05, 4.69) is 19.9 Å². The molecular formula is C10H15N. The van der Waals surface area contributed by atoms with Crippen LogP contribution in [-0.2, 0) is 0 Å². The third-order valence-corrected chi connectivity index (χ3v) is 1.70. The molecule has 0 aromatic carbocycles. The van der Waals surface area contributed by atoms with Gasteiger partial charge in [-0.2, -0.15) is 5.26 Å². The van der Waals surface area contributed by atoms with E-state index in [0.29, 0.717) is 0 Å². The molecule has 0 fully saturated rings. The summed E-state index contributed by atoms with van der Waals surface area (Å²) < 4.78 is 0. The Kier molecular flexibility index (Phi) is 4.29. The van der Waals surface area contributed by atoms with E-state index in [1.54, 1.807) is 0 Å². The van der Waals surface area contributed by atoms with Crippen LogP contribution in [0.3, 0.4) is 0 Å². The Bertz CT molecular complexity index is 222. The van der Waals surface area contributed by atoms with Crippen LogP contribution in [-0.4, -0.2) is 0 Å². The van der Waals surface area contributed by atoms with Gasteiger partial charge in [0.1, 0.15) is 0 Å². The van der Waals surface area contributed by atoms with Crippen LogP contribution in [0.2, 0.25) is 0 Å². The van der Waals surface area contributed by atoms with Crippen LogP contribution in [0.5, 0.6) is 0 Å². The van der Waals surface area contributed by atoms with Gasteiger partial charge < -0.3 is 0 Å². The third-order valence-electron chi connectivity index (χ3n) is 1.70. The predicted octanol–water partition coefficient (Wildman–Crippen LogP) is 3.20. The first kappa shape index (κ1) is 9.97. The second-order valence-corrected chi connectivity index (χ2v) is 2.82. The summed E-state index contributed by atoms with van der Waals surface area (Å²) in [5, 5.41) is 8.62. The van der Waals surface area contributed by atoms with Crippen LogP contribution < -0.4 is 0 Å². The quantitative estimate of drug-likeness (QED) is 0.437. The van der Waals surface area contributed by atoms with Crippen molar-refractivity contribution in [2.45, 2.75) is 34.1 Å². The van der Waals surface area contributed by atoms with Gasteiger partial charge in [0.25, 0.3) is 0 Å². The molecule has 0 saturated carbocycles. The van der Waals surface area contributed by atoms with E-state index in [1.807, 2.05) is 19.9 Å². The Morgan fingerprint density at radius 2 is 1.91 bits per heavy atom. The molecule has 0 amide bonds. The Balaban J connectivity index is 4.57. The maximum Gasteiger partial charge on any atom is 0.0947 e. The monoisotopic (exact) mass is 149 g/mol. The van der Waals surface area contributed by atoms with Gasteiger partial charge in [-0.1, -0.05) is 18.1 Å². The van der Waals surface area contributed by atoms with Crippen molar-refractivity contribution in [3.8, 4) is 6.07 Å². The molecule has 0 aromatic heterocycles. The number of allylic oxidation sites excluding steroid dienone is 4. The zero-order valence-corrected chi connectivity index (χ0v) is 7.73. The maximum absolute atomic E-state index is 8.62. The van der Waals surface area contributed by atoms with Gasteiger partial charge >= 0.3 is 0 Å². The average Bonchev–Trinajstić information content (AvgIpc) is 1.99. The molecule has 60 valence electrons. The first-order valence-corrected chi connectivity index (χ1v) is 3.86. The Labute approximate surface area is 69.0 Å². The van der Waals surface area contributed by atoms with Crippen molar-refractivity contribution in [2.24, 2.45) is 0 Å². The summed E-state index contributed by atoms with van der Waals surface area (Å²) in [5.74, 6) is 0. The van der Waals surface area contributed by atoms with E-state index in [-0.39, 0.29) is 0 Å². The standard InChI is InChI=1S/C10H15N/c1-5-10(7-11)6-9(4)8(2)3/h6H,5H2,1-4H3/b10-6+. The van der Waals surface area contributed by atoms with Gasteiger partial charge in [-0.05, 0) is 33.3 Å². The van der Waals surface area contributed by atoms with Crippen LogP contribution in [0.15, 0.2) is 22.8 Å². The summed E-state index contributed by atoms with van der Waals surface area (Å²) in [6.45, 7) is 8.13. The molecule has 0 unspecified atom stereocenters. The molecule has 1 nitrogen and oxygen atoms in total. The molecule has 0 aromatic rings. The predicted molar refractivity (Wildman–Crippen MR) is 48.0 cm³/mol. The van der Waals surface area contributed by atoms with Gasteiger partial charge in [-0.15, -0.1) is 0 Å². The van der Waals surface area contributed by atoms with Crippen molar-refractivity contribution >= 4 is 0 Å². The molecule has 0 aliphatic carbocycles. The molecule has 0 spiro atoms. The number of hydrogen-bond donors (Lipinski definition) is 0. The first-order chi connectivity index (χ1) is 5.11. The number of rotatable bonds is 2. The van der Waals surface area contributed by atoms with Crippen LogP contribution >= 0.6 is 0 Å². The van der Waals surface area contributed by atoms with Crippen molar-refractivity contribution in [1.82, 2.24) is 0 Å². The fraction of sp³-hybridized carbons (Fsp3) is 0.500. The Morgan fingerprint density at radius 3 is 2.18 bits per heavy atom. The van der Waals surface area contributed by atoms with E-state index in [1.165, 1.54) is 11.1 Å². The highest BCUT2D eigenvalue weighted by Gasteiger charge is 1.92. The SMILES string of the molecule is CC/C(C#N)=C\C(C)=C(C)C. The van der Waals surface area contributed by atoms with Gasteiger partial charge in [-0.25, -0.2) is 0 Å². The van der Waals surface area contributed by atoms with Crippen LogP contribution in [0, 0.1) is 11.3 Å². The summed E-state index contributed by atoms with van der Waals surface area (Å²) in [5.41, 5.74) is 3.32. The van der Waals surface area contributed by atoms with Crippen molar-refractivity contribution in [2.75, 3.05) is 0 Å². The fourth-order valence-corrected chi connectivity index (χ4v) is 0.619. The molecule has 0 saturated heterocycles. The largest absolute Gasteiger partial charge is 0.193 e. The highest BCUT2D eigenvalue weighted by molar-refractivity contribution is 5.32. The van der Waals surface area contributed by atoms with E-state index in [9.17, 15) is 0 Å². The lowest BCUT2D eigenvalue weighted by Crippen LogP contribution is -1.79. The minimum atomic E-state index is 0.821. The second-order valence-electron chi connectivity index (χ2n) is 2.82. The van der Waals surface area contributed by atoms with Crippen molar-refractivity contribution in [3.63, 3.8) is 0 Å². The van der Waals surface area contributed by atoms with Crippen molar-refractivity contribution in [1.29, 1.82) is 5.26 Å². The molecule has 0 aliphatic rings. The lowest BCUT2D eigenvalue weighted by Gasteiger charge is -1.96. The van der Waals surface area contributed by atoms with Crippen LogP contribution in [0.25, 0.3) is 0 Å². The van der Waals surface area contributed by atoms with Gasteiger partial charge in [-0.3, -0.25) is 0 Å². The lowest BCUT2D eigenvalue weighted by atomic mass is 10.1. The van der Waals surface area contributed by atoms with Crippen LogP contribution in [0.1, 0.15) is 34.1 Å². The van der Waals surface area contributed by atoms with Crippen molar-refractivity contribution < 1.29 is 0 Å². The molecule has 0 aliphatic heterocycles. The average molecular weight is 149 g/mol. The van der Waals surface area contributed by atoms with E-state index in [0.717, 1.165) is 12.0 Å². The number of nitrogens with zero attached hydrogens (tertiary/aromatic N) is 1. The summed E-state index contributed by atoms with van der Waals surface area (Å²) in [7, 11) is 0. The van der Waals surface area contributed by atoms with Gasteiger partial charge in [0.05, 0.1) is 6.07 Å². The van der Waals surface area contributed by atoms with Crippen LogP contribution in [0.4, 0.5) is 0 Å². The van der Waals surface area contributed by atoms with E-state index >= 15 is 0 Å². The molecular weight excluding hydrogens is 134 g/mol. The van der Waals surface area contributed by atoms with Crippen molar-refractivity contribution in [3.05, 3.63) is 22.8 Å². The highest BCUT2D eigenvalue weighted by Crippen LogP contribution is 2.08. The first-order valence-electron chi connectivity index (χ1n) is 3.86. The summed E-state index contributed by atoms with van der Waals surface area (Å²) in [6, 6.07) is 2.16. The molecule has 0 radical (unpaired) electrons. The third kappa shape index (κ3) is 3.62. The summed E-state index contributed by atoms with van der Waals surface area (Å²) >= 11 is 0. The van der Waals surface area contributed by atoms with Gasteiger partial charge in [0.2, 0.25) is 0 Å². The van der Waals surface area contributed by atoms with Gasteiger partial charge in [0.15, 0.2) is 0 Å². The van der Waals surface area contributed by atoms with E-state index in [4.69, 9.17) is 5.26 Å². The highest BCUT2D eigenvalue weighted by atomic mass is 14.2. The summed E-state index contributed by atoms with van der Waals surface area (Å²) in [6.07, 6.45) is 2.77. The summed E-state index contributed by atoms with van der Waals surface area (Å²) in [4.78, 5) is 0. The lowest BCUT2D eigenvalue weighted by molar-refractivity contribution is 1.14. The molecule has 0 heterocycles. The van der Waals surface area contributed by atoms with E-state index < -0.39 is 0 Å². The second kappa shape index (κ2) is 4.73. The Morgan fingerprint density at radius 1 is 1.36 bits per heavy atom. The minimum absolute atomic E-state index is 0.821. The zero-order valence-electron chi connectivity index (χ0n) is 7.73. The molecule has 0 N–H and O–H groups in total. The fourth-order valence-electron chi connectivity index (χ4n) is 0.619. The molecule has 0 bridgehead atoms.